The van der Waals surface area contributed by atoms with E-state index in [1.807, 2.05) is 11.4 Å². The molecule has 1 saturated heterocycles. The van der Waals surface area contributed by atoms with Crippen LogP contribution in [0.4, 0.5) is 0 Å². The Kier molecular flexibility index (Phi) is 4.60. The lowest BCUT2D eigenvalue weighted by molar-refractivity contribution is 0.0701. The van der Waals surface area contributed by atoms with Gasteiger partial charge in [-0.25, -0.2) is 4.79 Å². The number of carboxylic acid groups (broad SMARTS) is 1. The molecule has 1 aliphatic heterocycles. The van der Waals surface area contributed by atoms with Crippen molar-refractivity contribution in [3.63, 3.8) is 0 Å². The van der Waals surface area contributed by atoms with Crippen molar-refractivity contribution in [3.05, 3.63) is 21.9 Å². The van der Waals surface area contributed by atoms with Crippen molar-refractivity contribution in [1.82, 2.24) is 10.2 Å². The van der Waals surface area contributed by atoms with Crippen LogP contribution in [-0.4, -0.2) is 42.7 Å². The fraction of sp³-hybridized carbons (Fsp3) is 0.643. The first-order valence-corrected chi connectivity index (χ1v) is 7.57. The smallest absolute Gasteiger partial charge is 0.346 e. The van der Waals surface area contributed by atoms with Gasteiger partial charge in [0.05, 0.1) is 0 Å². The number of thiophene rings is 1. The van der Waals surface area contributed by atoms with Crippen LogP contribution in [0.2, 0.25) is 0 Å². The van der Waals surface area contributed by atoms with Crippen molar-refractivity contribution in [3.8, 4) is 0 Å². The molecule has 1 aromatic rings. The van der Waals surface area contributed by atoms with Gasteiger partial charge in [-0.2, -0.15) is 0 Å². The number of nitrogens with zero attached hydrogens (tertiary/aromatic N) is 1. The maximum Gasteiger partial charge on any atom is 0.346 e. The highest BCUT2D eigenvalue weighted by Gasteiger charge is 2.28. The molecule has 5 heteroatoms. The van der Waals surface area contributed by atoms with Crippen molar-refractivity contribution in [2.24, 2.45) is 5.41 Å². The van der Waals surface area contributed by atoms with Gasteiger partial charge in [0.25, 0.3) is 0 Å². The van der Waals surface area contributed by atoms with Crippen LogP contribution in [0.1, 0.15) is 35.0 Å². The molecule has 0 unspecified atom stereocenters. The van der Waals surface area contributed by atoms with Crippen molar-refractivity contribution < 1.29 is 9.90 Å². The number of likely N-dealkylation sites (tertiary alicyclic amines) is 1. The molecule has 2 N–H and O–H groups in total. The monoisotopic (exact) mass is 282 g/mol. The minimum absolute atomic E-state index is 0.339. The normalized spacial score (nSPS) is 19.5. The average molecular weight is 282 g/mol. The van der Waals surface area contributed by atoms with E-state index < -0.39 is 5.97 Å². The van der Waals surface area contributed by atoms with Gasteiger partial charge in [-0.15, -0.1) is 11.3 Å². The fourth-order valence-electron chi connectivity index (χ4n) is 2.50. The molecule has 0 aliphatic carbocycles. The Bertz CT molecular complexity index is 436. The number of hydrogen-bond donors (Lipinski definition) is 2. The van der Waals surface area contributed by atoms with Crippen LogP contribution >= 0.6 is 11.3 Å². The van der Waals surface area contributed by atoms with Crippen molar-refractivity contribution in [2.75, 3.05) is 26.7 Å². The lowest BCUT2D eigenvalue weighted by Crippen LogP contribution is -2.41. The first kappa shape index (κ1) is 14.5. The van der Waals surface area contributed by atoms with Gasteiger partial charge in [-0.05, 0) is 55.4 Å². The Hall–Kier alpha value is -0.910. The van der Waals surface area contributed by atoms with Gasteiger partial charge in [-0.3, -0.25) is 0 Å². The Morgan fingerprint density at radius 3 is 2.84 bits per heavy atom. The van der Waals surface area contributed by atoms with E-state index >= 15 is 0 Å². The van der Waals surface area contributed by atoms with Crippen LogP contribution in [0.5, 0.6) is 0 Å². The summed E-state index contributed by atoms with van der Waals surface area (Å²) in [6.07, 6.45) is 2.40. The zero-order valence-electron chi connectivity index (χ0n) is 11.6. The Morgan fingerprint density at radius 2 is 2.21 bits per heavy atom. The molecule has 19 heavy (non-hydrogen) atoms. The predicted octanol–water partition coefficient (Wildman–Crippen LogP) is 2.27. The van der Waals surface area contributed by atoms with E-state index in [1.54, 1.807) is 0 Å². The highest BCUT2D eigenvalue weighted by Crippen LogP contribution is 2.29. The number of rotatable bonds is 5. The van der Waals surface area contributed by atoms with Gasteiger partial charge in [0.1, 0.15) is 4.88 Å². The second-order valence-corrected chi connectivity index (χ2v) is 6.71. The third-order valence-corrected chi connectivity index (χ3v) is 4.95. The van der Waals surface area contributed by atoms with Gasteiger partial charge in [0.15, 0.2) is 0 Å². The number of hydrogen-bond acceptors (Lipinski definition) is 4. The van der Waals surface area contributed by atoms with E-state index in [0.717, 1.165) is 25.2 Å². The second-order valence-electron chi connectivity index (χ2n) is 5.80. The number of carbonyl (C=O) groups is 1. The quantitative estimate of drug-likeness (QED) is 0.870. The number of piperidine rings is 1. The molecule has 1 aliphatic rings. The van der Waals surface area contributed by atoms with Crippen molar-refractivity contribution in [1.29, 1.82) is 0 Å². The molecule has 0 bridgehead atoms. The molecule has 2 rings (SSSR count). The first-order chi connectivity index (χ1) is 9.00. The number of nitrogens with one attached hydrogen (secondary N) is 1. The minimum atomic E-state index is -0.822. The summed E-state index contributed by atoms with van der Waals surface area (Å²) in [7, 11) is 2.16. The largest absolute Gasteiger partial charge is 0.477 e. The summed E-state index contributed by atoms with van der Waals surface area (Å²) in [5.41, 5.74) is 1.24. The van der Waals surface area contributed by atoms with E-state index in [9.17, 15) is 4.79 Å². The van der Waals surface area contributed by atoms with E-state index in [1.165, 1.54) is 24.2 Å². The standard InChI is InChI=1S/C14H22N2O2S/c1-14(4-6-16(2)7-5-14)10-15-9-11-3-8-19-12(11)13(17)18/h3,8,15H,4-7,9-10H2,1-2H3,(H,17,18). The SMILES string of the molecule is CN1CCC(C)(CNCc2ccsc2C(=O)O)CC1. The van der Waals surface area contributed by atoms with E-state index in [0.29, 0.717) is 16.8 Å². The highest BCUT2D eigenvalue weighted by atomic mass is 32.1. The Balaban J connectivity index is 1.83. The molecule has 0 spiro atoms. The molecule has 106 valence electrons. The van der Waals surface area contributed by atoms with Gasteiger partial charge < -0.3 is 15.3 Å². The lowest BCUT2D eigenvalue weighted by Gasteiger charge is -2.38. The maximum atomic E-state index is 11.0. The minimum Gasteiger partial charge on any atom is -0.477 e. The predicted molar refractivity (Wildman–Crippen MR) is 77.8 cm³/mol. The third kappa shape index (κ3) is 3.78. The molecular formula is C14H22N2O2S. The lowest BCUT2D eigenvalue weighted by atomic mass is 9.80. The molecule has 0 saturated carbocycles. The number of aromatic carboxylic acids is 1. The van der Waals surface area contributed by atoms with Gasteiger partial charge in [0.2, 0.25) is 0 Å². The van der Waals surface area contributed by atoms with Gasteiger partial charge >= 0.3 is 5.97 Å². The van der Waals surface area contributed by atoms with Crippen LogP contribution in [-0.2, 0) is 6.54 Å². The summed E-state index contributed by atoms with van der Waals surface area (Å²) in [4.78, 5) is 13.8. The average Bonchev–Trinajstić information content (AvgIpc) is 2.82. The Labute approximate surface area is 118 Å². The molecule has 0 amide bonds. The van der Waals surface area contributed by atoms with Crippen LogP contribution in [0, 0.1) is 5.41 Å². The first-order valence-electron chi connectivity index (χ1n) is 6.69. The molecule has 1 fully saturated rings. The van der Waals surface area contributed by atoms with E-state index in [-0.39, 0.29) is 0 Å². The molecule has 1 aromatic heterocycles. The van der Waals surface area contributed by atoms with Crippen LogP contribution in [0.3, 0.4) is 0 Å². The van der Waals surface area contributed by atoms with E-state index in [4.69, 9.17) is 5.11 Å². The summed E-state index contributed by atoms with van der Waals surface area (Å²) in [5, 5.41) is 14.3. The highest BCUT2D eigenvalue weighted by molar-refractivity contribution is 7.12. The summed E-state index contributed by atoms with van der Waals surface area (Å²) in [5.74, 6) is -0.822. The molecule has 4 nitrogen and oxygen atoms in total. The maximum absolute atomic E-state index is 11.0. The summed E-state index contributed by atoms with van der Waals surface area (Å²) in [6.45, 7) is 6.22. The zero-order valence-corrected chi connectivity index (χ0v) is 12.4. The molecule has 0 atom stereocenters. The summed E-state index contributed by atoms with van der Waals surface area (Å²) in [6, 6.07) is 1.90. The fourth-order valence-corrected chi connectivity index (χ4v) is 3.26. The van der Waals surface area contributed by atoms with Crippen LogP contribution < -0.4 is 5.32 Å². The molecule has 0 aromatic carbocycles. The Morgan fingerprint density at radius 1 is 1.53 bits per heavy atom. The molecule has 0 radical (unpaired) electrons. The zero-order chi connectivity index (χ0) is 13.9. The second kappa shape index (κ2) is 6.03. The van der Waals surface area contributed by atoms with Crippen LogP contribution in [0.25, 0.3) is 0 Å². The van der Waals surface area contributed by atoms with Gasteiger partial charge in [0, 0.05) is 13.1 Å². The number of carboxylic acids is 1. The van der Waals surface area contributed by atoms with Crippen LogP contribution in [0.15, 0.2) is 11.4 Å². The van der Waals surface area contributed by atoms with Gasteiger partial charge in [-0.1, -0.05) is 6.92 Å². The van der Waals surface area contributed by atoms with Crippen molar-refractivity contribution in [2.45, 2.75) is 26.3 Å². The summed E-state index contributed by atoms with van der Waals surface area (Å²) >= 11 is 1.30. The summed E-state index contributed by atoms with van der Waals surface area (Å²) < 4.78 is 0. The third-order valence-electron chi connectivity index (χ3n) is 4.00. The molecule has 2 heterocycles. The topological polar surface area (TPSA) is 52.6 Å². The van der Waals surface area contributed by atoms with E-state index in [2.05, 4.69) is 24.2 Å². The van der Waals surface area contributed by atoms with Crippen molar-refractivity contribution >= 4 is 17.3 Å². The molecular weight excluding hydrogens is 260 g/mol.